The largest absolute Gasteiger partial charge is 0.497 e. The van der Waals surface area contributed by atoms with Crippen molar-refractivity contribution >= 4 is 17.4 Å². The third-order valence-corrected chi connectivity index (χ3v) is 6.11. The molecular formula is C24H28N2O4. The normalized spacial score (nSPS) is 18.4. The summed E-state index contributed by atoms with van der Waals surface area (Å²) in [5.74, 6) is 1.64. The highest BCUT2D eigenvalue weighted by atomic mass is 16.5. The van der Waals surface area contributed by atoms with Gasteiger partial charge in [0.2, 0.25) is 0 Å². The van der Waals surface area contributed by atoms with Gasteiger partial charge in [0.15, 0.2) is 12.4 Å². The molecule has 2 aromatic rings. The van der Waals surface area contributed by atoms with Crippen LogP contribution in [0.4, 0.5) is 5.69 Å². The van der Waals surface area contributed by atoms with Gasteiger partial charge in [0.25, 0.3) is 5.91 Å². The number of methoxy groups -OCH3 is 1. The number of amides is 1. The van der Waals surface area contributed by atoms with Crippen molar-refractivity contribution < 1.29 is 19.1 Å². The average Bonchev–Trinajstić information content (AvgIpc) is 3.08. The molecule has 1 aliphatic heterocycles. The van der Waals surface area contributed by atoms with E-state index in [0.717, 1.165) is 35.7 Å². The van der Waals surface area contributed by atoms with Gasteiger partial charge >= 0.3 is 0 Å². The maximum Gasteiger partial charge on any atom is 0.260 e. The molecular weight excluding hydrogens is 380 g/mol. The van der Waals surface area contributed by atoms with Gasteiger partial charge in [0.05, 0.1) is 12.7 Å². The summed E-state index contributed by atoms with van der Waals surface area (Å²) < 4.78 is 11.0. The molecule has 1 aliphatic carbocycles. The molecule has 0 radical (unpaired) electrons. The highest BCUT2D eigenvalue weighted by Gasteiger charge is 2.31. The predicted molar refractivity (Wildman–Crippen MR) is 116 cm³/mol. The van der Waals surface area contributed by atoms with E-state index in [1.807, 2.05) is 48.2 Å². The van der Waals surface area contributed by atoms with Crippen molar-refractivity contribution in [2.24, 2.45) is 0 Å². The molecule has 0 bridgehead atoms. The molecule has 6 nitrogen and oxygen atoms in total. The SMILES string of the molecule is COc1ccc(N2CCN(C(=O)COc3ccc(C)c4c3C(=O)C[C@@H]4C)CC2)cc1. The van der Waals surface area contributed by atoms with Crippen LogP contribution in [0.5, 0.6) is 11.5 Å². The van der Waals surface area contributed by atoms with E-state index in [2.05, 4.69) is 11.8 Å². The van der Waals surface area contributed by atoms with Gasteiger partial charge in [-0.3, -0.25) is 9.59 Å². The monoisotopic (exact) mass is 408 g/mol. The zero-order chi connectivity index (χ0) is 21.3. The van der Waals surface area contributed by atoms with Gasteiger partial charge in [-0.2, -0.15) is 0 Å². The zero-order valence-electron chi connectivity index (χ0n) is 17.8. The Labute approximate surface area is 177 Å². The second kappa shape index (κ2) is 8.38. The van der Waals surface area contributed by atoms with E-state index in [-0.39, 0.29) is 24.2 Å². The number of benzene rings is 2. The van der Waals surface area contributed by atoms with Gasteiger partial charge in [-0.1, -0.05) is 13.0 Å². The standard InChI is InChI=1S/C24H28N2O4/c1-16-4-9-21(24-20(27)14-17(2)23(16)24)30-15-22(28)26-12-10-25(11-13-26)18-5-7-19(29-3)8-6-18/h4-9,17H,10-15H2,1-3H3/t17-/m0/s1. The molecule has 1 saturated heterocycles. The van der Waals surface area contributed by atoms with Crippen LogP contribution in [-0.2, 0) is 4.79 Å². The number of piperazine rings is 1. The molecule has 0 saturated carbocycles. The van der Waals surface area contributed by atoms with Crippen molar-refractivity contribution in [2.45, 2.75) is 26.2 Å². The first kappa shape index (κ1) is 20.3. The Morgan fingerprint density at radius 2 is 1.77 bits per heavy atom. The fraction of sp³-hybridized carbons (Fsp3) is 0.417. The van der Waals surface area contributed by atoms with Crippen molar-refractivity contribution in [1.29, 1.82) is 0 Å². The molecule has 1 heterocycles. The number of carbonyl (C=O) groups excluding carboxylic acids is 2. The first-order chi connectivity index (χ1) is 14.5. The number of anilines is 1. The minimum atomic E-state index is -0.0443. The van der Waals surface area contributed by atoms with E-state index in [1.165, 1.54) is 0 Å². The van der Waals surface area contributed by atoms with E-state index in [1.54, 1.807) is 7.11 Å². The zero-order valence-corrected chi connectivity index (χ0v) is 17.8. The van der Waals surface area contributed by atoms with Gasteiger partial charge in [-0.05, 0) is 54.3 Å². The molecule has 0 aromatic heterocycles. The highest BCUT2D eigenvalue weighted by Crippen LogP contribution is 2.40. The third-order valence-electron chi connectivity index (χ3n) is 6.11. The number of aryl methyl sites for hydroxylation is 1. The van der Waals surface area contributed by atoms with Crippen LogP contribution in [0.3, 0.4) is 0 Å². The van der Waals surface area contributed by atoms with Crippen molar-refractivity contribution in [2.75, 3.05) is 44.8 Å². The van der Waals surface area contributed by atoms with Crippen molar-refractivity contribution in [3.05, 3.63) is 53.1 Å². The molecule has 0 unspecified atom stereocenters. The van der Waals surface area contributed by atoms with Crippen LogP contribution in [0.25, 0.3) is 0 Å². The summed E-state index contributed by atoms with van der Waals surface area (Å²) in [6.07, 6.45) is 0.512. The Balaban J connectivity index is 1.34. The topological polar surface area (TPSA) is 59.1 Å². The first-order valence-electron chi connectivity index (χ1n) is 10.4. The summed E-state index contributed by atoms with van der Waals surface area (Å²) in [7, 11) is 1.66. The average molecular weight is 408 g/mol. The van der Waals surface area contributed by atoms with Gasteiger partial charge in [-0.15, -0.1) is 0 Å². The molecule has 30 heavy (non-hydrogen) atoms. The summed E-state index contributed by atoms with van der Waals surface area (Å²) in [6, 6.07) is 11.8. The molecule has 158 valence electrons. The smallest absolute Gasteiger partial charge is 0.260 e. The number of nitrogens with zero attached hydrogens (tertiary/aromatic N) is 2. The van der Waals surface area contributed by atoms with E-state index in [0.29, 0.717) is 30.8 Å². The summed E-state index contributed by atoms with van der Waals surface area (Å²) in [6.45, 7) is 6.88. The maximum atomic E-state index is 12.7. The number of fused-ring (bicyclic) bond motifs is 1. The lowest BCUT2D eigenvalue weighted by Crippen LogP contribution is -2.50. The molecule has 4 rings (SSSR count). The van der Waals surface area contributed by atoms with Crippen molar-refractivity contribution in [1.82, 2.24) is 4.90 Å². The van der Waals surface area contributed by atoms with Crippen LogP contribution in [0.1, 0.15) is 40.7 Å². The number of Topliss-reactive ketones (excluding diaryl/α,β-unsaturated/α-hetero) is 1. The Bertz CT molecular complexity index is 946. The number of carbonyl (C=O) groups is 2. The Kier molecular flexibility index (Phi) is 5.66. The summed E-state index contributed by atoms with van der Waals surface area (Å²) in [5, 5.41) is 0. The van der Waals surface area contributed by atoms with Crippen LogP contribution in [-0.4, -0.2) is 56.5 Å². The maximum absolute atomic E-state index is 12.7. The molecule has 0 N–H and O–H groups in total. The Hall–Kier alpha value is -3.02. The second-order valence-corrected chi connectivity index (χ2v) is 8.05. The predicted octanol–water partition coefficient (Wildman–Crippen LogP) is 3.42. The molecule has 2 aromatic carbocycles. The van der Waals surface area contributed by atoms with Crippen molar-refractivity contribution in [3.63, 3.8) is 0 Å². The number of hydrogen-bond donors (Lipinski definition) is 0. The Morgan fingerprint density at radius 1 is 1.07 bits per heavy atom. The van der Waals surface area contributed by atoms with E-state index < -0.39 is 0 Å². The minimum absolute atomic E-state index is 0.0420. The molecule has 1 amide bonds. The number of ether oxygens (including phenoxy) is 2. The van der Waals surface area contributed by atoms with Crippen LogP contribution < -0.4 is 14.4 Å². The van der Waals surface area contributed by atoms with Crippen LogP contribution in [0.15, 0.2) is 36.4 Å². The Morgan fingerprint density at radius 3 is 2.43 bits per heavy atom. The quantitative estimate of drug-likeness (QED) is 0.759. The first-order valence-corrected chi connectivity index (χ1v) is 10.4. The van der Waals surface area contributed by atoms with Crippen LogP contribution >= 0.6 is 0 Å². The molecule has 1 atom stereocenters. The summed E-state index contributed by atoms with van der Waals surface area (Å²) >= 11 is 0. The van der Waals surface area contributed by atoms with Gasteiger partial charge < -0.3 is 19.3 Å². The molecule has 2 aliphatic rings. The van der Waals surface area contributed by atoms with Gasteiger partial charge in [0, 0.05) is 38.3 Å². The summed E-state index contributed by atoms with van der Waals surface area (Å²) in [4.78, 5) is 29.2. The third kappa shape index (κ3) is 3.86. The fourth-order valence-electron chi connectivity index (χ4n) is 4.47. The van der Waals surface area contributed by atoms with Crippen molar-refractivity contribution in [3.8, 4) is 11.5 Å². The molecule has 6 heteroatoms. The fourth-order valence-corrected chi connectivity index (χ4v) is 4.47. The van der Waals surface area contributed by atoms with Crippen LogP contribution in [0.2, 0.25) is 0 Å². The lowest BCUT2D eigenvalue weighted by molar-refractivity contribution is -0.133. The van der Waals surface area contributed by atoms with Gasteiger partial charge in [0.1, 0.15) is 11.5 Å². The minimum Gasteiger partial charge on any atom is -0.497 e. The van der Waals surface area contributed by atoms with E-state index in [4.69, 9.17) is 9.47 Å². The van der Waals surface area contributed by atoms with E-state index in [9.17, 15) is 9.59 Å². The van der Waals surface area contributed by atoms with Gasteiger partial charge in [-0.25, -0.2) is 0 Å². The lowest BCUT2D eigenvalue weighted by Gasteiger charge is -2.36. The number of hydrogen-bond acceptors (Lipinski definition) is 5. The second-order valence-electron chi connectivity index (χ2n) is 8.05. The number of ketones is 1. The molecule has 1 fully saturated rings. The van der Waals surface area contributed by atoms with E-state index >= 15 is 0 Å². The highest BCUT2D eigenvalue weighted by molar-refractivity contribution is 6.04. The summed E-state index contributed by atoms with van der Waals surface area (Å²) in [5.41, 5.74) is 3.97. The molecule has 0 spiro atoms. The van der Waals surface area contributed by atoms with Crippen LogP contribution in [0, 0.1) is 6.92 Å². The lowest BCUT2D eigenvalue weighted by atomic mass is 9.97. The number of rotatable bonds is 5.